The summed E-state index contributed by atoms with van der Waals surface area (Å²) < 4.78 is 0. The molecule has 0 aliphatic rings. The zero-order valence-corrected chi connectivity index (χ0v) is 15.0. The summed E-state index contributed by atoms with van der Waals surface area (Å²) in [6.45, 7) is 1.58. The summed E-state index contributed by atoms with van der Waals surface area (Å²) in [5, 5.41) is 6.11. The number of halogens is 1. The molecule has 0 spiro atoms. The fraction of sp³-hybridized carbons (Fsp3) is 0.350. The van der Waals surface area contributed by atoms with Crippen molar-refractivity contribution in [3.8, 4) is 0 Å². The molecule has 0 saturated heterocycles. The Morgan fingerprint density at radius 1 is 0.917 bits per heavy atom. The van der Waals surface area contributed by atoms with Gasteiger partial charge in [0.1, 0.15) is 0 Å². The summed E-state index contributed by atoms with van der Waals surface area (Å²) in [7, 11) is 1.90. The number of benzene rings is 2. The number of carbonyl (C=O) groups excluding carboxylic acids is 1. The van der Waals surface area contributed by atoms with Crippen molar-refractivity contribution in [2.45, 2.75) is 25.2 Å². The minimum absolute atomic E-state index is 0. The maximum absolute atomic E-state index is 11.8. The van der Waals surface area contributed by atoms with Gasteiger partial charge in [0.25, 0.3) is 0 Å². The summed E-state index contributed by atoms with van der Waals surface area (Å²) in [6, 6.07) is 21.0. The first-order valence-electron chi connectivity index (χ1n) is 8.32. The van der Waals surface area contributed by atoms with E-state index in [1.165, 1.54) is 11.1 Å². The Bertz CT molecular complexity index is 535. The van der Waals surface area contributed by atoms with Crippen LogP contribution in [-0.4, -0.2) is 26.0 Å². The molecule has 0 aromatic heterocycles. The maximum atomic E-state index is 11.8. The number of rotatable bonds is 9. The zero-order valence-electron chi connectivity index (χ0n) is 14.2. The molecule has 2 N–H and O–H groups in total. The molecule has 0 saturated carbocycles. The highest BCUT2D eigenvalue weighted by Crippen LogP contribution is 2.27. The second-order valence-corrected chi connectivity index (χ2v) is 5.72. The molecule has 0 heterocycles. The zero-order chi connectivity index (χ0) is 16.3. The molecule has 0 radical (unpaired) electrons. The Balaban J connectivity index is 0.00000288. The average Bonchev–Trinajstić information content (AvgIpc) is 2.60. The second kappa shape index (κ2) is 11.7. The average molecular weight is 347 g/mol. The van der Waals surface area contributed by atoms with Gasteiger partial charge in [-0.05, 0) is 37.6 Å². The smallest absolute Gasteiger partial charge is 0.220 e. The molecule has 24 heavy (non-hydrogen) atoms. The first-order chi connectivity index (χ1) is 11.3. The van der Waals surface area contributed by atoms with Crippen molar-refractivity contribution >= 4 is 18.3 Å². The van der Waals surface area contributed by atoms with Crippen LogP contribution >= 0.6 is 12.4 Å². The van der Waals surface area contributed by atoms with Gasteiger partial charge in [-0.1, -0.05) is 60.7 Å². The first-order valence-corrected chi connectivity index (χ1v) is 8.32. The predicted octanol–water partition coefficient (Wildman–Crippen LogP) is 3.75. The highest BCUT2D eigenvalue weighted by atomic mass is 35.5. The van der Waals surface area contributed by atoms with Crippen LogP contribution in [0, 0.1) is 0 Å². The quantitative estimate of drug-likeness (QED) is 0.679. The third-order valence-electron chi connectivity index (χ3n) is 3.99. The van der Waals surface area contributed by atoms with Crippen LogP contribution in [0.3, 0.4) is 0 Å². The second-order valence-electron chi connectivity index (χ2n) is 5.72. The molecule has 2 aromatic rings. The molecule has 130 valence electrons. The summed E-state index contributed by atoms with van der Waals surface area (Å²) in [4.78, 5) is 11.8. The van der Waals surface area contributed by atoms with Crippen LogP contribution in [0.4, 0.5) is 0 Å². The molecule has 0 bridgehead atoms. The molecular weight excluding hydrogens is 320 g/mol. The van der Waals surface area contributed by atoms with Gasteiger partial charge in [0.15, 0.2) is 0 Å². The number of hydrogen-bond acceptors (Lipinski definition) is 2. The topological polar surface area (TPSA) is 41.1 Å². The lowest BCUT2D eigenvalue weighted by Gasteiger charge is -2.18. The van der Waals surface area contributed by atoms with Crippen LogP contribution in [0.5, 0.6) is 0 Å². The van der Waals surface area contributed by atoms with E-state index in [0.717, 1.165) is 19.4 Å². The van der Waals surface area contributed by atoms with E-state index in [1.807, 2.05) is 19.2 Å². The number of carbonyl (C=O) groups is 1. The van der Waals surface area contributed by atoms with E-state index in [0.29, 0.717) is 18.9 Å². The van der Waals surface area contributed by atoms with E-state index in [2.05, 4.69) is 59.2 Å². The number of hydrogen-bond donors (Lipinski definition) is 2. The third-order valence-corrected chi connectivity index (χ3v) is 3.99. The van der Waals surface area contributed by atoms with Gasteiger partial charge in [-0.3, -0.25) is 4.79 Å². The molecule has 0 fully saturated rings. The van der Waals surface area contributed by atoms with Gasteiger partial charge in [0.2, 0.25) is 5.91 Å². The van der Waals surface area contributed by atoms with E-state index in [9.17, 15) is 4.79 Å². The molecule has 4 heteroatoms. The summed E-state index contributed by atoms with van der Waals surface area (Å²) >= 11 is 0. The minimum atomic E-state index is 0. The van der Waals surface area contributed by atoms with Crippen molar-refractivity contribution in [3.05, 3.63) is 71.8 Å². The molecule has 1 amide bonds. The lowest BCUT2D eigenvalue weighted by Crippen LogP contribution is -2.26. The van der Waals surface area contributed by atoms with Crippen LogP contribution in [0.1, 0.15) is 36.3 Å². The normalized spacial score (nSPS) is 10.2. The molecule has 2 rings (SSSR count). The van der Waals surface area contributed by atoms with Crippen LogP contribution in [-0.2, 0) is 4.79 Å². The molecule has 0 unspecified atom stereocenters. The van der Waals surface area contributed by atoms with Crippen molar-refractivity contribution in [3.63, 3.8) is 0 Å². The van der Waals surface area contributed by atoms with E-state index in [1.54, 1.807) is 0 Å². The molecular formula is C20H27ClN2O. The highest BCUT2D eigenvalue weighted by Gasteiger charge is 2.13. The SMILES string of the molecule is CNCCCC(=O)NCCC(c1ccccc1)c1ccccc1.Cl. The van der Waals surface area contributed by atoms with Gasteiger partial charge in [-0.2, -0.15) is 0 Å². The van der Waals surface area contributed by atoms with Gasteiger partial charge in [0, 0.05) is 18.9 Å². The Morgan fingerprint density at radius 3 is 1.96 bits per heavy atom. The van der Waals surface area contributed by atoms with E-state index >= 15 is 0 Å². The lowest BCUT2D eigenvalue weighted by molar-refractivity contribution is -0.121. The third kappa shape index (κ3) is 6.73. The number of nitrogens with one attached hydrogen (secondary N) is 2. The van der Waals surface area contributed by atoms with Crippen molar-refractivity contribution < 1.29 is 4.79 Å². The van der Waals surface area contributed by atoms with E-state index in [4.69, 9.17) is 0 Å². The molecule has 0 aliphatic carbocycles. The van der Waals surface area contributed by atoms with Crippen molar-refractivity contribution in [1.82, 2.24) is 10.6 Å². The Labute approximate surface area is 151 Å². The van der Waals surface area contributed by atoms with Gasteiger partial charge < -0.3 is 10.6 Å². The maximum Gasteiger partial charge on any atom is 0.220 e. The van der Waals surface area contributed by atoms with E-state index < -0.39 is 0 Å². The summed E-state index contributed by atoms with van der Waals surface area (Å²) in [5.74, 6) is 0.454. The minimum Gasteiger partial charge on any atom is -0.356 e. The number of amides is 1. The summed E-state index contributed by atoms with van der Waals surface area (Å²) in [6.07, 6.45) is 2.37. The van der Waals surface area contributed by atoms with Crippen LogP contribution in [0.25, 0.3) is 0 Å². The molecule has 3 nitrogen and oxygen atoms in total. The molecule has 0 atom stereocenters. The Morgan fingerprint density at radius 2 is 1.46 bits per heavy atom. The monoisotopic (exact) mass is 346 g/mol. The van der Waals surface area contributed by atoms with E-state index in [-0.39, 0.29) is 18.3 Å². The standard InChI is InChI=1S/C20H26N2O.ClH/c1-21-15-8-13-20(23)22-16-14-19(17-9-4-2-5-10-17)18-11-6-3-7-12-18;/h2-7,9-12,19,21H,8,13-16H2,1H3,(H,22,23);1H. The predicted molar refractivity (Wildman–Crippen MR) is 103 cm³/mol. The largest absolute Gasteiger partial charge is 0.356 e. The van der Waals surface area contributed by atoms with Gasteiger partial charge in [0.05, 0.1) is 0 Å². The summed E-state index contributed by atoms with van der Waals surface area (Å²) in [5.41, 5.74) is 2.59. The van der Waals surface area contributed by atoms with Gasteiger partial charge in [-0.15, -0.1) is 12.4 Å². The van der Waals surface area contributed by atoms with Crippen LogP contribution in [0.2, 0.25) is 0 Å². The van der Waals surface area contributed by atoms with Crippen molar-refractivity contribution in [2.75, 3.05) is 20.1 Å². The highest BCUT2D eigenvalue weighted by molar-refractivity contribution is 5.85. The van der Waals surface area contributed by atoms with Gasteiger partial charge >= 0.3 is 0 Å². The lowest BCUT2D eigenvalue weighted by atomic mass is 9.88. The first kappa shape index (κ1) is 20.2. The van der Waals surface area contributed by atoms with Crippen LogP contribution < -0.4 is 10.6 Å². The van der Waals surface area contributed by atoms with Gasteiger partial charge in [-0.25, -0.2) is 0 Å². The molecule has 0 aliphatic heterocycles. The fourth-order valence-electron chi connectivity index (χ4n) is 2.77. The Hall–Kier alpha value is -1.84. The fourth-order valence-corrected chi connectivity index (χ4v) is 2.77. The Kier molecular flexibility index (Phi) is 9.81. The van der Waals surface area contributed by atoms with Crippen LogP contribution in [0.15, 0.2) is 60.7 Å². The molecule has 2 aromatic carbocycles. The van der Waals surface area contributed by atoms with Crippen molar-refractivity contribution in [2.24, 2.45) is 0 Å². The van der Waals surface area contributed by atoms with Crippen molar-refractivity contribution in [1.29, 1.82) is 0 Å².